The van der Waals surface area contributed by atoms with Gasteiger partial charge in [0.1, 0.15) is 12.4 Å². The smallest absolute Gasteiger partial charge is 0.335 e. The van der Waals surface area contributed by atoms with Gasteiger partial charge in [-0.1, -0.05) is 35.9 Å². The summed E-state index contributed by atoms with van der Waals surface area (Å²) in [7, 11) is 1.45. The second-order valence-electron chi connectivity index (χ2n) is 6.51. The van der Waals surface area contributed by atoms with E-state index >= 15 is 0 Å². The van der Waals surface area contributed by atoms with Gasteiger partial charge in [-0.25, -0.2) is 9.18 Å². The van der Waals surface area contributed by atoms with Crippen molar-refractivity contribution in [2.75, 3.05) is 7.11 Å². The first-order valence-electron chi connectivity index (χ1n) is 9.11. The molecule has 0 radical (unpaired) electrons. The quantitative estimate of drug-likeness (QED) is 0.371. The fraction of sp³-hybridized carbons (Fsp3) is 0.0833. The maximum absolute atomic E-state index is 13.5. The Balaban J connectivity index is 1.89. The van der Waals surface area contributed by atoms with Crippen molar-refractivity contribution >= 4 is 29.2 Å². The summed E-state index contributed by atoms with van der Waals surface area (Å²) >= 11 is 6.39. The number of aromatic carboxylic acids is 1. The van der Waals surface area contributed by atoms with E-state index in [1.165, 1.54) is 37.4 Å². The standard InChI is InChI=1S/C24H17ClFNO4/c1-30-22-11-16(9-19(13-27)17-5-3-7-20(26)12-17)10-21(25)23(22)31-14-15-4-2-6-18(8-15)24(28)29/h2-12H,14H2,1H3,(H,28,29)/b19-9-. The lowest BCUT2D eigenvalue weighted by molar-refractivity contribution is 0.0696. The summed E-state index contributed by atoms with van der Waals surface area (Å²) in [5, 5.41) is 18.8. The predicted octanol–water partition coefficient (Wildman–Crippen LogP) is 5.83. The summed E-state index contributed by atoms with van der Waals surface area (Å²) in [5.41, 5.74) is 2.08. The topological polar surface area (TPSA) is 79.5 Å². The van der Waals surface area contributed by atoms with Crippen LogP contribution < -0.4 is 9.47 Å². The van der Waals surface area contributed by atoms with E-state index in [0.717, 1.165) is 0 Å². The van der Waals surface area contributed by atoms with E-state index in [4.69, 9.17) is 26.2 Å². The van der Waals surface area contributed by atoms with Crippen LogP contribution in [0.3, 0.4) is 0 Å². The molecule has 0 aromatic heterocycles. The molecule has 0 aliphatic carbocycles. The molecule has 0 saturated carbocycles. The highest BCUT2D eigenvalue weighted by Crippen LogP contribution is 2.38. The van der Waals surface area contributed by atoms with Crippen LogP contribution in [-0.2, 0) is 6.61 Å². The Labute approximate surface area is 183 Å². The minimum Gasteiger partial charge on any atom is -0.493 e. The second kappa shape index (κ2) is 9.79. The maximum atomic E-state index is 13.5. The summed E-state index contributed by atoms with van der Waals surface area (Å²) in [6.07, 6.45) is 1.57. The highest BCUT2D eigenvalue weighted by Gasteiger charge is 2.13. The molecule has 0 fully saturated rings. The van der Waals surface area contributed by atoms with Crippen molar-refractivity contribution in [1.29, 1.82) is 5.26 Å². The normalized spacial score (nSPS) is 11.0. The van der Waals surface area contributed by atoms with Crippen LogP contribution in [0.2, 0.25) is 5.02 Å². The number of hydrogen-bond acceptors (Lipinski definition) is 4. The fourth-order valence-corrected chi connectivity index (χ4v) is 3.19. The molecule has 3 rings (SSSR count). The van der Waals surface area contributed by atoms with E-state index in [2.05, 4.69) is 6.07 Å². The zero-order valence-electron chi connectivity index (χ0n) is 16.4. The van der Waals surface area contributed by atoms with Gasteiger partial charge in [0.25, 0.3) is 0 Å². The molecule has 7 heteroatoms. The number of nitriles is 1. The van der Waals surface area contributed by atoms with E-state index in [-0.39, 0.29) is 28.5 Å². The van der Waals surface area contributed by atoms with E-state index in [1.807, 2.05) is 0 Å². The first-order valence-corrected chi connectivity index (χ1v) is 9.49. The monoisotopic (exact) mass is 437 g/mol. The molecule has 0 atom stereocenters. The van der Waals surface area contributed by atoms with Gasteiger partial charge in [0.2, 0.25) is 0 Å². The van der Waals surface area contributed by atoms with Crippen molar-refractivity contribution in [3.8, 4) is 17.6 Å². The molecular weight excluding hydrogens is 421 g/mol. The summed E-state index contributed by atoms with van der Waals surface area (Å²) in [5.74, 6) is -0.846. The molecule has 3 aromatic carbocycles. The number of rotatable bonds is 7. The predicted molar refractivity (Wildman–Crippen MR) is 116 cm³/mol. The average Bonchev–Trinajstić information content (AvgIpc) is 2.76. The SMILES string of the molecule is COc1cc(/C=C(/C#N)c2cccc(F)c2)cc(Cl)c1OCc1cccc(C(=O)O)c1. The van der Waals surface area contributed by atoms with Crippen LogP contribution >= 0.6 is 11.6 Å². The summed E-state index contributed by atoms with van der Waals surface area (Å²) in [6, 6.07) is 17.4. The van der Waals surface area contributed by atoms with Gasteiger partial charge in [0.05, 0.1) is 29.3 Å². The van der Waals surface area contributed by atoms with Crippen molar-refractivity contribution in [2.45, 2.75) is 6.61 Å². The molecule has 156 valence electrons. The highest BCUT2D eigenvalue weighted by molar-refractivity contribution is 6.32. The molecular formula is C24H17ClFNO4. The van der Waals surface area contributed by atoms with Gasteiger partial charge in [-0.3, -0.25) is 0 Å². The number of nitrogens with zero attached hydrogens (tertiary/aromatic N) is 1. The molecule has 0 bridgehead atoms. The van der Waals surface area contributed by atoms with Gasteiger partial charge >= 0.3 is 5.97 Å². The molecule has 0 spiro atoms. The summed E-state index contributed by atoms with van der Waals surface area (Å²) in [4.78, 5) is 11.1. The number of allylic oxidation sites excluding steroid dienone is 1. The average molecular weight is 438 g/mol. The van der Waals surface area contributed by atoms with Crippen molar-refractivity contribution in [3.05, 3.63) is 93.8 Å². The van der Waals surface area contributed by atoms with E-state index < -0.39 is 11.8 Å². The Morgan fingerprint density at radius 2 is 1.90 bits per heavy atom. The number of ether oxygens (including phenoxy) is 2. The molecule has 31 heavy (non-hydrogen) atoms. The highest BCUT2D eigenvalue weighted by atomic mass is 35.5. The van der Waals surface area contributed by atoms with Crippen molar-refractivity contribution < 1.29 is 23.8 Å². The number of halogens is 2. The van der Waals surface area contributed by atoms with Crippen molar-refractivity contribution in [3.63, 3.8) is 0 Å². The van der Waals surface area contributed by atoms with Crippen LogP contribution in [0, 0.1) is 17.1 Å². The third-order valence-corrected chi connectivity index (χ3v) is 4.66. The van der Waals surface area contributed by atoms with Crippen LogP contribution in [0.1, 0.15) is 27.0 Å². The number of benzene rings is 3. The molecule has 0 amide bonds. The second-order valence-corrected chi connectivity index (χ2v) is 6.92. The molecule has 5 nitrogen and oxygen atoms in total. The Morgan fingerprint density at radius 1 is 1.16 bits per heavy atom. The largest absolute Gasteiger partial charge is 0.493 e. The number of carbonyl (C=O) groups is 1. The third kappa shape index (κ3) is 5.41. The number of hydrogen-bond donors (Lipinski definition) is 1. The minimum atomic E-state index is -1.03. The van der Waals surface area contributed by atoms with Gasteiger partial charge in [-0.2, -0.15) is 5.26 Å². The van der Waals surface area contributed by atoms with Crippen LogP contribution in [-0.4, -0.2) is 18.2 Å². The molecule has 0 aliphatic rings. The Hall–Kier alpha value is -3.82. The number of carboxylic acids is 1. The lowest BCUT2D eigenvalue weighted by atomic mass is 10.0. The third-order valence-electron chi connectivity index (χ3n) is 4.38. The van der Waals surface area contributed by atoms with Gasteiger partial charge in [-0.15, -0.1) is 0 Å². The van der Waals surface area contributed by atoms with Gasteiger partial charge in [0.15, 0.2) is 11.5 Å². The Bertz CT molecular complexity index is 1200. The van der Waals surface area contributed by atoms with Crippen LogP contribution in [0.15, 0.2) is 60.7 Å². The first kappa shape index (κ1) is 21.9. The number of carboxylic acid groups (broad SMARTS) is 1. The molecule has 0 saturated heterocycles. The Morgan fingerprint density at radius 3 is 2.58 bits per heavy atom. The summed E-state index contributed by atoms with van der Waals surface area (Å²) in [6.45, 7) is 0.0825. The van der Waals surface area contributed by atoms with Crippen LogP contribution in [0.25, 0.3) is 11.6 Å². The van der Waals surface area contributed by atoms with Crippen molar-refractivity contribution in [1.82, 2.24) is 0 Å². The van der Waals surface area contributed by atoms with E-state index in [9.17, 15) is 14.4 Å². The minimum absolute atomic E-state index is 0.0825. The zero-order valence-corrected chi connectivity index (χ0v) is 17.2. The lowest BCUT2D eigenvalue weighted by Gasteiger charge is -2.14. The zero-order chi connectivity index (χ0) is 22.4. The molecule has 0 heterocycles. The molecule has 3 aromatic rings. The first-order chi connectivity index (χ1) is 14.9. The van der Waals surface area contributed by atoms with E-state index in [1.54, 1.807) is 36.4 Å². The Kier molecular flexibility index (Phi) is 6.91. The van der Waals surface area contributed by atoms with Crippen LogP contribution in [0.5, 0.6) is 11.5 Å². The summed E-state index contributed by atoms with van der Waals surface area (Å²) < 4.78 is 24.7. The molecule has 0 unspecified atom stereocenters. The van der Waals surface area contributed by atoms with Gasteiger partial charge in [-0.05, 0) is 59.2 Å². The van der Waals surface area contributed by atoms with E-state index in [0.29, 0.717) is 22.4 Å². The molecule has 0 aliphatic heterocycles. The van der Waals surface area contributed by atoms with Crippen molar-refractivity contribution in [2.24, 2.45) is 0 Å². The fourth-order valence-electron chi connectivity index (χ4n) is 2.92. The van der Waals surface area contributed by atoms with Gasteiger partial charge < -0.3 is 14.6 Å². The van der Waals surface area contributed by atoms with Gasteiger partial charge in [0, 0.05) is 0 Å². The van der Waals surface area contributed by atoms with Crippen LogP contribution in [0.4, 0.5) is 4.39 Å². The lowest BCUT2D eigenvalue weighted by Crippen LogP contribution is -2.01. The molecule has 1 N–H and O–H groups in total. The maximum Gasteiger partial charge on any atom is 0.335 e. The number of methoxy groups -OCH3 is 1.